The Bertz CT molecular complexity index is 712. The van der Waals surface area contributed by atoms with E-state index in [1.165, 1.54) is 38.3 Å². The second-order valence-electron chi connectivity index (χ2n) is 5.89. The number of nitrogens with zero attached hydrogens (tertiary/aromatic N) is 3. The summed E-state index contributed by atoms with van der Waals surface area (Å²) in [5.74, 6) is 0.464. The molecule has 0 saturated heterocycles. The van der Waals surface area contributed by atoms with Crippen LogP contribution in [0.5, 0.6) is 0 Å². The first kappa shape index (κ1) is 18.3. The highest BCUT2D eigenvalue weighted by Gasteiger charge is 2.22. The van der Waals surface area contributed by atoms with Gasteiger partial charge in [-0.15, -0.1) is 5.10 Å². The van der Waals surface area contributed by atoms with Gasteiger partial charge in [0.05, 0.1) is 5.56 Å². The van der Waals surface area contributed by atoms with Crippen LogP contribution in [0.2, 0.25) is 0 Å². The summed E-state index contributed by atoms with van der Waals surface area (Å²) in [6, 6.07) is 1.61. The van der Waals surface area contributed by atoms with Crippen molar-refractivity contribution < 1.29 is 8.42 Å². The van der Waals surface area contributed by atoms with Gasteiger partial charge in [-0.25, -0.2) is 18.5 Å². The first-order valence-corrected chi connectivity index (χ1v) is 9.44. The minimum absolute atomic E-state index is 0.0552. The van der Waals surface area contributed by atoms with Crippen LogP contribution < -0.4 is 16.2 Å². The van der Waals surface area contributed by atoms with Crippen molar-refractivity contribution in [2.24, 2.45) is 27.1 Å². The number of hydrogen-bond donors (Lipinski definition) is 4. The van der Waals surface area contributed by atoms with Crippen LogP contribution in [0.4, 0.5) is 5.69 Å². The highest BCUT2D eigenvalue weighted by Crippen LogP contribution is 2.27. The van der Waals surface area contributed by atoms with E-state index in [0.717, 1.165) is 6.42 Å². The van der Waals surface area contributed by atoms with Crippen LogP contribution in [0.1, 0.15) is 44.1 Å². The fourth-order valence-corrected chi connectivity index (χ4v) is 3.75. The number of aromatic nitrogens is 1. The Hall–Kier alpha value is -2.07. The fourth-order valence-electron chi connectivity index (χ4n) is 3.04. The number of sulfonamides is 1. The molecule has 6 N–H and O–H groups in total. The summed E-state index contributed by atoms with van der Waals surface area (Å²) in [5.41, 5.74) is 13.1. The zero-order valence-corrected chi connectivity index (χ0v) is 14.2. The number of primary sulfonamides is 1. The van der Waals surface area contributed by atoms with Gasteiger partial charge in [-0.2, -0.15) is 5.53 Å². The lowest BCUT2D eigenvalue weighted by atomic mass is 9.87. The maximum absolute atomic E-state index is 11.7. The number of anilines is 1. The maximum Gasteiger partial charge on any atom is 0.256 e. The Kier molecular flexibility index (Phi) is 6.21. The van der Waals surface area contributed by atoms with E-state index in [-0.39, 0.29) is 16.4 Å². The largest absolute Gasteiger partial charge is 0.384 e. The molecule has 1 saturated carbocycles. The quantitative estimate of drug-likeness (QED) is 0.254. The van der Waals surface area contributed by atoms with Crippen molar-refractivity contribution in [3.05, 3.63) is 17.8 Å². The summed E-state index contributed by atoms with van der Waals surface area (Å²) in [7, 11) is -4.08. The topological polar surface area (TPSA) is 160 Å². The van der Waals surface area contributed by atoms with Crippen molar-refractivity contribution >= 4 is 21.5 Å². The third kappa shape index (κ3) is 4.71. The van der Waals surface area contributed by atoms with Crippen LogP contribution in [0.15, 0.2) is 27.6 Å². The van der Waals surface area contributed by atoms with E-state index in [1.54, 1.807) is 6.07 Å². The van der Waals surface area contributed by atoms with E-state index in [1.807, 2.05) is 0 Å². The van der Waals surface area contributed by atoms with Crippen molar-refractivity contribution in [3.63, 3.8) is 0 Å². The highest BCUT2D eigenvalue weighted by molar-refractivity contribution is 7.89. The van der Waals surface area contributed by atoms with E-state index < -0.39 is 10.0 Å². The molecule has 1 heterocycles. The van der Waals surface area contributed by atoms with E-state index in [2.05, 4.69) is 20.6 Å². The molecule has 1 aliphatic rings. The van der Waals surface area contributed by atoms with Gasteiger partial charge in [-0.05, 0) is 18.4 Å². The minimum Gasteiger partial charge on any atom is -0.384 e. The molecular formula is C14H23N7O2S. The third-order valence-corrected chi connectivity index (χ3v) is 5.04. The first-order chi connectivity index (χ1) is 11.4. The van der Waals surface area contributed by atoms with Crippen LogP contribution in [0.3, 0.4) is 0 Å². The third-order valence-electron chi connectivity index (χ3n) is 4.19. The number of nitrogens with one attached hydrogen (secondary N) is 2. The van der Waals surface area contributed by atoms with Crippen molar-refractivity contribution in [1.82, 2.24) is 4.98 Å². The van der Waals surface area contributed by atoms with Crippen molar-refractivity contribution in [2.75, 3.05) is 11.9 Å². The molecule has 1 aliphatic carbocycles. The highest BCUT2D eigenvalue weighted by atomic mass is 32.2. The monoisotopic (exact) mass is 353 g/mol. The van der Waals surface area contributed by atoms with Crippen molar-refractivity contribution in [2.45, 2.75) is 43.6 Å². The molecule has 1 fully saturated rings. The van der Waals surface area contributed by atoms with Crippen LogP contribution in [-0.4, -0.2) is 25.8 Å². The lowest BCUT2D eigenvalue weighted by molar-refractivity contribution is 0.345. The van der Waals surface area contributed by atoms with E-state index >= 15 is 0 Å². The Balaban J connectivity index is 2.21. The van der Waals surface area contributed by atoms with Gasteiger partial charge in [-0.3, -0.25) is 0 Å². The average Bonchev–Trinajstić information content (AvgIpc) is 2.55. The van der Waals surface area contributed by atoms with Crippen LogP contribution in [0.25, 0.3) is 0 Å². The molecule has 0 aromatic carbocycles. The molecule has 0 atom stereocenters. The van der Waals surface area contributed by atoms with Crippen LogP contribution in [0, 0.1) is 11.4 Å². The molecule has 0 bridgehead atoms. The Morgan fingerprint density at radius 3 is 2.71 bits per heavy atom. The van der Waals surface area contributed by atoms with E-state index in [9.17, 15) is 8.42 Å². The molecule has 132 valence electrons. The second kappa shape index (κ2) is 8.15. The summed E-state index contributed by atoms with van der Waals surface area (Å²) in [6.07, 6.45) is 8.64. The van der Waals surface area contributed by atoms with Gasteiger partial charge in [0.25, 0.3) is 10.0 Å². The first-order valence-electron chi connectivity index (χ1n) is 7.89. The molecule has 24 heavy (non-hydrogen) atoms. The molecule has 0 radical (unpaired) electrons. The smallest absolute Gasteiger partial charge is 0.256 e. The number of pyridine rings is 1. The summed E-state index contributed by atoms with van der Waals surface area (Å²) in [6.45, 7) is 0.678. The molecule has 9 nitrogen and oxygen atoms in total. The van der Waals surface area contributed by atoms with Gasteiger partial charge < -0.3 is 11.1 Å². The van der Waals surface area contributed by atoms with Crippen molar-refractivity contribution in [3.8, 4) is 0 Å². The average molecular weight is 353 g/mol. The molecule has 0 amide bonds. The number of rotatable bonds is 7. The van der Waals surface area contributed by atoms with Gasteiger partial charge in [0.1, 0.15) is 0 Å². The molecule has 1 aromatic heterocycles. The number of amidine groups is 1. The predicted octanol–water partition coefficient (Wildman–Crippen LogP) is 1.76. The molecule has 0 aliphatic heterocycles. The van der Waals surface area contributed by atoms with Gasteiger partial charge >= 0.3 is 0 Å². The predicted molar refractivity (Wildman–Crippen MR) is 91.2 cm³/mol. The molecular weight excluding hydrogens is 330 g/mol. The normalized spacial score (nSPS) is 16.8. The standard InChI is InChI=1S/C14H23N7O2S/c15-13(20-21-16)12-11(7-9-19-14(12)24(17,22)23)18-8-6-10-4-2-1-3-5-10/h7,9-10H,1-6,8H2,(H,18,19)(H3,15,16,20)(H2,17,22,23). The Morgan fingerprint density at radius 1 is 1.38 bits per heavy atom. The van der Waals surface area contributed by atoms with Gasteiger partial charge in [-0.1, -0.05) is 37.3 Å². The molecule has 1 aromatic rings. The summed E-state index contributed by atoms with van der Waals surface area (Å²) >= 11 is 0. The minimum atomic E-state index is -4.08. The van der Waals surface area contributed by atoms with E-state index in [4.69, 9.17) is 16.4 Å². The Labute approximate surface area is 141 Å². The molecule has 10 heteroatoms. The SMILES string of the molecule is N=NN=C(N)c1c(NCCC2CCCCC2)ccnc1S(N)(=O)=O. The second-order valence-corrected chi connectivity index (χ2v) is 7.37. The van der Waals surface area contributed by atoms with Crippen LogP contribution >= 0.6 is 0 Å². The van der Waals surface area contributed by atoms with Crippen LogP contribution in [-0.2, 0) is 10.0 Å². The number of hydrogen-bond acceptors (Lipinski definition) is 6. The lowest BCUT2D eigenvalue weighted by Gasteiger charge is -2.22. The van der Waals surface area contributed by atoms with E-state index in [0.29, 0.717) is 18.2 Å². The molecule has 0 unspecified atom stereocenters. The molecule has 2 rings (SSSR count). The zero-order valence-electron chi connectivity index (χ0n) is 13.4. The molecule has 0 spiro atoms. The lowest BCUT2D eigenvalue weighted by Crippen LogP contribution is -2.24. The number of nitrogens with two attached hydrogens (primary N) is 2. The summed E-state index contributed by atoms with van der Waals surface area (Å²) < 4.78 is 23.5. The summed E-state index contributed by atoms with van der Waals surface area (Å²) in [5, 5.41) is 14.3. The van der Waals surface area contributed by atoms with Gasteiger partial charge in [0, 0.05) is 18.4 Å². The van der Waals surface area contributed by atoms with Crippen molar-refractivity contribution in [1.29, 1.82) is 5.53 Å². The summed E-state index contributed by atoms with van der Waals surface area (Å²) in [4.78, 5) is 3.80. The maximum atomic E-state index is 11.7. The van der Waals surface area contributed by atoms with Gasteiger partial charge in [0.2, 0.25) is 0 Å². The zero-order chi connectivity index (χ0) is 17.6. The Morgan fingerprint density at radius 2 is 2.08 bits per heavy atom. The fraction of sp³-hybridized carbons (Fsp3) is 0.571. The van der Waals surface area contributed by atoms with Gasteiger partial charge in [0.15, 0.2) is 10.9 Å².